The number of ether oxygens (including phenoxy) is 2. The van der Waals surface area contributed by atoms with Gasteiger partial charge in [-0.05, 0) is 38.4 Å². The summed E-state index contributed by atoms with van der Waals surface area (Å²) >= 11 is 0. The summed E-state index contributed by atoms with van der Waals surface area (Å²) in [6, 6.07) is 6.08. The number of nitrogen functional groups attached to an aromatic ring is 1. The number of piperazine rings is 1. The van der Waals surface area contributed by atoms with Crippen molar-refractivity contribution in [1.82, 2.24) is 19.8 Å². The van der Waals surface area contributed by atoms with Crippen molar-refractivity contribution in [2.24, 2.45) is 0 Å². The molecule has 1 aliphatic rings. The van der Waals surface area contributed by atoms with Crippen molar-refractivity contribution in [1.29, 1.82) is 0 Å². The fraction of sp³-hybridized carbons (Fsp3) is 0.615. The first-order valence-electron chi connectivity index (χ1n) is 12.6. The van der Waals surface area contributed by atoms with Gasteiger partial charge in [-0.25, -0.2) is 4.98 Å². The number of hydrogen-bond acceptors (Lipinski definition) is 8. The third kappa shape index (κ3) is 7.74. The Bertz CT molecular complexity index is 899. The number of nitrogens with one attached hydrogen (secondary N) is 1. The molecule has 0 saturated carbocycles. The molecule has 0 spiro atoms. The maximum absolute atomic E-state index is 6.03. The SMILES string of the molecule is CCCCCNc1nc(N)nc(C)c1Cc1ccc(OCCCN2CCN(C)CC2)cc1OC. The summed E-state index contributed by atoms with van der Waals surface area (Å²) in [5.74, 6) is 2.76. The Kier molecular flexibility index (Phi) is 10.2. The topological polar surface area (TPSA) is 88.8 Å². The third-order valence-corrected chi connectivity index (χ3v) is 6.41. The van der Waals surface area contributed by atoms with Crippen LogP contribution >= 0.6 is 0 Å². The molecule has 1 fully saturated rings. The number of aryl methyl sites for hydroxylation is 1. The zero-order valence-corrected chi connectivity index (χ0v) is 21.4. The Labute approximate surface area is 204 Å². The van der Waals surface area contributed by atoms with Gasteiger partial charge in [0.05, 0.1) is 13.7 Å². The van der Waals surface area contributed by atoms with Crippen molar-refractivity contribution in [3.63, 3.8) is 0 Å². The number of nitrogens with two attached hydrogens (primary N) is 1. The van der Waals surface area contributed by atoms with Crippen LogP contribution in [0.4, 0.5) is 11.8 Å². The monoisotopic (exact) mass is 470 g/mol. The van der Waals surface area contributed by atoms with Crippen LogP contribution in [0.3, 0.4) is 0 Å². The van der Waals surface area contributed by atoms with Crippen LogP contribution in [0, 0.1) is 6.92 Å². The van der Waals surface area contributed by atoms with Crippen LogP contribution < -0.4 is 20.5 Å². The Morgan fingerprint density at radius 2 is 1.88 bits per heavy atom. The molecule has 3 rings (SSSR count). The van der Waals surface area contributed by atoms with Gasteiger partial charge in [0, 0.05) is 63.0 Å². The minimum absolute atomic E-state index is 0.298. The summed E-state index contributed by atoms with van der Waals surface area (Å²) in [4.78, 5) is 13.8. The van der Waals surface area contributed by atoms with Crippen molar-refractivity contribution in [2.75, 3.05) is 71.1 Å². The van der Waals surface area contributed by atoms with E-state index in [1.807, 2.05) is 19.1 Å². The van der Waals surface area contributed by atoms with Crippen molar-refractivity contribution < 1.29 is 9.47 Å². The highest BCUT2D eigenvalue weighted by atomic mass is 16.5. The Morgan fingerprint density at radius 3 is 2.62 bits per heavy atom. The molecule has 1 saturated heterocycles. The second kappa shape index (κ2) is 13.3. The van der Waals surface area contributed by atoms with E-state index >= 15 is 0 Å². The molecular weight excluding hydrogens is 428 g/mol. The van der Waals surface area contributed by atoms with Crippen LogP contribution in [0.2, 0.25) is 0 Å². The lowest BCUT2D eigenvalue weighted by atomic mass is 10.0. The number of anilines is 2. The van der Waals surface area contributed by atoms with Crippen molar-refractivity contribution in [3.8, 4) is 11.5 Å². The first-order chi connectivity index (χ1) is 16.5. The minimum Gasteiger partial charge on any atom is -0.496 e. The second-order valence-electron chi connectivity index (χ2n) is 9.13. The van der Waals surface area contributed by atoms with E-state index in [0.29, 0.717) is 19.0 Å². The highest BCUT2D eigenvalue weighted by Gasteiger charge is 2.15. The van der Waals surface area contributed by atoms with E-state index in [-0.39, 0.29) is 0 Å². The molecule has 2 heterocycles. The highest BCUT2D eigenvalue weighted by molar-refractivity contribution is 5.53. The Balaban J connectivity index is 1.60. The first-order valence-corrected chi connectivity index (χ1v) is 12.6. The summed E-state index contributed by atoms with van der Waals surface area (Å²) in [5, 5.41) is 3.46. The maximum Gasteiger partial charge on any atom is 0.222 e. The van der Waals surface area contributed by atoms with Crippen LogP contribution in [-0.4, -0.2) is 79.8 Å². The van der Waals surface area contributed by atoms with Gasteiger partial charge in [0.1, 0.15) is 17.3 Å². The molecule has 8 heteroatoms. The number of likely N-dealkylation sites (N-methyl/N-ethyl adjacent to an activating group) is 1. The van der Waals surface area contributed by atoms with Gasteiger partial charge in [-0.15, -0.1) is 0 Å². The van der Waals surface area contributed by atoms with E-state index in [0.717, 1.165) is 86.2 Å². The standard InChI is InChI=1S/C26H42N6O2/c1-5-6-7-11-28-25-23(20(2)29-26(27)30-25)18-21-9-10-22(19-24(21)33-4)34-17-8-12-32-15-13-31(3)14-16-32/h9-10,19H,5-8,11-18H2,1-4H3,(H3,27,28,29,30). The number of methoxy groups -OCH3 is 1. The van der Waals surface area contributed by atoms with Gasteiger partial charge in [0.15, 0.2) is 0 Å². The molecule has 34 heavy (non-hydrogen) atoms. The van der Waals surface area contributed by atoms with E-state index in [2.05, 4.69) is 45.1 Å². The van der Waals surface area contributed by atoms with Crippen LogP contribution in [-0.2, 0) is 6.42 Å². The van der Waals surface area contributed by atoms with Crippen LogP contribution in [0.15, 0.2) is 18.2 Å². The molecule has 0 amide bonds. The fourth-order valence-corrected chi connectivity index (χ4v) is 4.26. The highest BCUT2D eigenvalue weighted by Crippen LogP contribution is 2.30. The molecule has 8 nitrogen and oxygen atoms in total. The molecule has 0 atom stereocenters. The molecule has 0 radical (unpaired) electrons. The van der Waals surface area contributed by atoms with E-state index in [1.54, 1.807) is 7.11 Å². The third-order valence-electron chi connectivity index (χ3n) is 6.41. The van der Waals surface area contributed by atoms with Crippen molar-refractivity contribution in [2.45, 2.75) is 46.0 Å². The summed E-state index contributed by atoms with van der Waals surface area (Å²) in [7, 11) is 3.89. The number of hydrogen-bond donors (Lipinski definition) is 2. The van der Waals surface area contributed by atoms with Crippen molar-refractivity contribution >= 4 is 11.8 Å². The largest absolute Gasteiger partial charge is 0.496 e. The summed E-state index contributed by atoms with van der Waals surface area (Å²) in [6.07, 6.45) is 5.15. The van der Waals surface area contributed by atoms with Crippen molar-refractivity contribution in [3.05, 3.63) is 35.0 Å². The Morgan fingerprint density at radius 1 is 1.09 bits per heavy atom. The molecule has 0 bridgehead atoms. The molecule has 3 N–H and O–H groups in total. The number of benzene rings is 1. The lowest BCUT2D eigenvalue weighted by Crippen LogP contribution is -2.44. The van der Waals surface area contributed by atoms with Crippen LogP contribution in [0.25, 0.3) is 0 Å². The summed E-state index contributed by atoms with van der Waals surface area (Å²) < 4.78 is 11.7. The van der Waals surface area contributed by atoms with Gasteiger partial charge in [-0.1, -0.05) is 25.8 Å². The average molecular weight is 471 g/mol. The molecule has 1 aromatic heterocycles. The lowest BCUT2D eigenvalue weighted by molar-refractivity contribution is 0.145. The normalized spacial score (nSPS) is 14.8. The first kappa shape index (κ1) is 26.0. The zero-order chi connectivity index (χ0) is 24.3. The molecule has 2 aromatic rings. The number of nitrogens with zero attached hydrogens (tertiary/aromatic N) is 4. The molecular formula is C26H42N6O2. The number of unbranched alkanes of at least 4 members (excludes halogenated alkanes) is 2. The van der Waals surface area contributed by atoms with Gasteiger partial charge < -0.3 is 30.3 Å². The smallest absolute Gasteiger partial charge is 0.222 e. The van der Waals surface area contributed by atoms with Crippen LogP contribution in [0.1, 0.15) is 49.4 Å². The maximum atomic E-state index is 6.03. The molecule has 0 aliphatic carbocycles. The second-order valence-corrected chi connectivity index (χ2v) is 9.13. The van der Waals surface area contributed by atoms with Gasteiger partial charge in [0.25, 0.3) is 0 Å². The van der Waals surface area contributed by atoms with Crippen LogP contribution in [0.5, 0.6) is 11.5 Å². The Hall–Kier alpha value is -2.58. The summed E-state index contributed by atoms with van der Waals surface area (Å²) in [5.41, 5.74) is 8.93. The molecule has 1 aliphatic heterocycles. The summed E-state index contributed by atoms with van der Waals surface area (Å²) in [6.45, 7) is 11.4. The van der Waals surface area contributed by atoms with E-state index < -0.39 is 0 Å². The molecule has 1 aromatic carbocycles. The zero-order valence-electron chi connectivity index (χ0n) is 21.4. The van der Waals surface area contributed by atoms with Gasteiger partial charge >= 0.3 is 0 Å². The van der Waals surface area contributed by atoms with Gasteiger partial charge in [-0.3, -0.25) is 0 Å². The fourth-order valence-electron chi connectivity index (χ4n) is 4.26. The molecule has 0 unspecified atom stereocenters. The van der Waals surface area contributed by atoms with E-state index in [9.17, 15) is 0 Å². The predicted molar refractivity (Wildman–Crippen MR) is 139 cm³/mol. The van der Waals surface area contributed by atoms with E-state index in [4.69, 9.17) is 15.2 Å². The number of aromatic nitrogens is 2. The lowest BCUT2D eigenvalue weighted by Gasteiger charge is -2.32. The van der Waals surface area contributed by atoms with E-state index in [1.165, 1.54) is 12.8 Å². The van der Waals surface area contributed by atoms with Gasteiger partial charge in [0.2, 0.25) is 5.95 Å². The molecule has 188 valence electrons. The minimum atomic E-state index is 0.298. The predicted octanol–water partition coefficient (Wildman–Crippen LogP) is 3.59. The van der Waals surface area contributed by atoms with Gasteiger partial charge in [-0.2, -0.15) is 4.98 Å². The number of rotatable bonds is 13. The average Bonchev–Trinajstić information content (AvgIpc) is 2.83. The quantitative estimate of drug-likeness (QED) is 0.430.